The first kappa shape index (κ1) is 14.7. The van der Waals surface area contributed by atoms with Gasteiger partial charge >= 0.3 is 5.97 Å². The van der Waals surface area contributed by atoms with Crippen LogP contribution in [0.25, 0.3) is 0 Å². The van der Waals surface area contributed by atoms with Crippen LogP contribution in [0.15, 0.2) is 23.4 Å². The molecule has 1 aromatic rings. The molecule has 2 N–H and O–H groups in total. The molecular weight excluding hydrogens is 248 g/mol. The predicted molar refractivity (Wildman–Crippen MR) is 70.4 cm³/mol. The number of benzene rings is 1. The number of ether oxygens (including phenoxy) is 1. The van der Waals surface area contributed by atoms with Gasteiger partial charge in [0.15, 0.2) is 0 Å². The van der Waals surface area contributed by atoms with Crippen molar-refractivity contribution in [2.45, 2.75) is 20.3 Å². The lowest BCUT2D eigenvalue weighted by atomic mass is 10.1. The van der Waals surface area contributed by atoms with Crippen LogP contribution >= 0.6 is 0 Å². The minimum absolute atomic E-state index is 0.195. The summed E-state index contributed by atoms with van der Waals surface area (Å²) < 4.78 is 4.86. The molecule has 6 heteroatoms. The van der Waals surface area contributed by atoms with E-state index in [1.54, 1.807) is 32.0 Å². The number of oxime groups is 1. The molecule has 0 aromatic heterocycles. The van der Waals surface area contributed by atoms with Crippen LogP contribution in [-0.2, 0) is 20.7 Å². The smallest absolute Gasteiger partial charge is 0.310 e. The second kappa shape index (κ2) is 7.15. The van der Waals surface area contributed by atoms with E-state index in [-0.39, 0.29) is 12.4 Å². The maximum Gasteiger partial charge on any atom is 0.310 e. The molecule has 0 bridgehead atoms. The Bertz CT molecular complexity index is 497. The number of anilines is 1. The fourth-order valence-electron chi connectivity index (χ4n) is 1.57. The number of carbonyl (C=O) groups excluding carboxylic acids is 2. The lowest BCUT2D eigenvalue weighted by Crippen LogP contribution is -2.14. The van der Waals surface area contributed by atoms with E-state index < -0.39 is 5.91 Å². The molecule has 0 saturated heterocycles. The highest BCUT2D eigenvalue weighted by atomic mass is 16.5. The lowest BCUT2D eigenvalue weighted by Gasteiger charge is -2.08. The number of aryl methyl sites for hydroxylation is 1. The quantitative estimate of drug-likeness (QED) is 0.365. The number of hydrogen-bond acceptors (Lipinski definition) is 5. The van der Waals surface area contributed by atoms with Gasteiger partial charge in [0.05, 0.1) is 13.0 Å². The first-order valence-corrected chi connectivity index (χ1v) is 5.80. The summed E-state index contributed by atoms with van der Waals surface area (Å²) in [4.78, 5) is 22.6. The van der Waals surface area contributed by atoms with E-state index in [2.05, 4.69) is 10.5 Å². The topological polar surface area (TPSA) is 88.0 Å². The molecule has 0 saturated carbocycles. The normalized spacial score (nSPS) is 10.4. The van der Waals surface area contributed by atoms with Crippen molar-refractivity contribution in [1.29, 1.82) is 0 Å². The Hall–Kier alpha value is -2.37. The molecule has 0 aliphatic carbocycles. The Morgan fingerprint density at radius 2 is 2.21 bits per heavy atom. The van der Waals surface area contributed by atoms with Gasteiger partial charge in [0.25, 0.3) is 5.91 Å². The molecule has 0 atom stereocenters. The van der Waals surface area contributed by atoms with E-state index in [0.717, 1.165) is 17.3 Å². The molecule has 0 spiro atoms. The van der Waals surface area contributed by atoms with Crippen molar-refractivity contribution < 1.29 is 19.5 Å². The van der Waals surface area contributed by atoms with Crippen molar-refractivity contribution >= 4 is 23.8 Å². The highest BCUT2D eigenvalue weighted by molar-refractivity contribution is 6.31. The van der Waals surface area contributed by atoms with Crippen LogP contribution in [0, 0.1) is 6.92 Å². The van der Waals surface area contributed by atoms with E-state index in [0.29, 0.717) is 12.3 Å². The van der Waals surface area contributed by atoms with Gasteiger partial charge in [-0.3, -0.25) is 9.59 Å². The summed E-state index contributed by atoms with van der Waals surface area (Å²) in [5.41, 5.74) is 2.21. The monoisotopic (exact) mass is 264 g/mol. The molecule has 0 fully saturated rings. The Morgan fingerprint density at radius 3 is 2.79 bits per heavy atom. The van der Waals surface area contributed by atoms with E-state index in [1.807, 2.05) is 0 Å². The van der Waals surface area contributed by atoms with Gasteiger partial charge in [-0.15, -0.1) is 0 Å². The zero-order valence-corrected chi connectivity index (χ0v) is 10.8. The summed E-state index contributed by atoms with van der Waals surface area (Å²) in [5.74, 6) is -0.810. The second-order valence-electron chi connectivity index (χ2n) is 3.86. The minimum atomic E-state index is -0.524. The summed E-state index contributed by atoms with van der Waals surface area (Å²) in [5, 5.41) is 13.4. The molecule has 0 aliphatic rings. The molecule has 102 valence electrons. The lowest BCUT2D eigenvalue weighted by molar-refractivity contribution is -0.142. The summed E-state index contributed by atoms with van der Waals surface area (Å²) in [6.45, 7) is 3.91. The number of nitrogens with zero attached hydrogens (tertiary/aromatic N) is 1. The first-order valence-electron chi connectivity index (χ1n) is 5.80. The zero-order valence-electron chi connectivity index (χ0n) is 10.8. The number of rotatable bonds is 5. The molecule has 1 amide bonds. The van der Waals surface area contributed by atoms with Gasteiger partial charge in [0.2, 0.25) is 0 Å². The third-order valence-corrected chi connectivity index (χ3v) is 2.38. The Morgan fingerprint density at radius 1 is 1.47 bits per heavy atom. The van der Waals surface area contributed by atoms with Gasteiger partial charge < -0.3 is 15.3 Å². The van der Waals surface area contributed by atoms with Crippen molar-refractivity contribution in [2.24, 2.45) is 5.16 Å². The second-order valence-corrected chi connectivity index (χ2v) is 3.86. The summed E-state index contributed by atoms with van der Waals surface area (Å²) in [7, 11) is 0. The highest BCUT2D eigenvalue weighted by Gasteiger charge is 2.07. The van der Waals surface area contributed by atoms with Crippen molar-refractivity contribution in [1.82, 2.24) is 0 Å². The van der Waals surface area contributed by atoms with Gasteiger partial charge in [0, 0.05) is 5.69 Å². The SMILES string of the molecule is CCOC(=O)Cc1ccc(NC(=O)/C=N/O)c(C)c1. The molecule has 1 rings (SSSR count). The van der Waals surface area contributed by atoms with Crippen LogP contribution in [0.4, 0.5) is 5.69 Å². The molecule has 6 nitrogen and oxygen atoms in total. The molecule has 19 heavy (non-hydrogen) atoms. The van der Waals surface area contributed by atoms with Gasteiger partial charge in [-0.25, -0.2) is 0 Å². The largest absolute Gasteiger partial charge is 0.466 e. The van der Waals surface area contributed by atoms with Crippen molar-refractivity contribution in [3.05, 3.63) is 29.3 Å². The van der Waals surface area contributed by atoms with Crippen LogP contribution < -0.4 is 5.32 Å². The number of amides is 1. The van der Waals surface area contributed by atoms with Gasteiger partial charge in [-0.2, -0.15) is 0 Å². The fourth-order valence-corrected chi connectivity index (χ4v) is 1.57. The highest BCUT2D eigenvalue weighted by Crippen LogP contribution is 2.17. The van der Waals surface area contributed by atoms with Gasteiger partial charge in [-0.1, -0.05) is 17.3 Å². The number of nitrogens with one attached hydrogen (secondary N) is 1. The molecule has 1 aromatic carbocycles. The fraction of sp³-hybridized carbons (Fsp3) is 0.308. The van der Waals surface area contributed by atoms with E-state index in [9.17, 15) is 9.59 Å². The molecule has 0 unspecified atom stereocenters. The van der Waals surface area contributed by atoms with Gasteiger partial charge in [-0.05, 0) is 31.0 Å². The van der Waals surface area contributed by atoms with Crippen LogP contribution in [0.5, 0.6) is 0 Å². The zero-order chi connectivity index (χ0) is 14.3. The molecule has 0 radical (unpaired) electrons. The van der Waals surface area contributed by atoms with Crippen molar-refractivity contribution in [2.75, 3.05) is 11.9 Å². The van der Waals surface area contributed by atoms with Gasteiger partial charge in [0.1, 0.15) is 6.21 Å². The Kier molecular flexibility index (Phi) is 5.53. The third kappa shape index (κ3) is 4.79. The van der Waals surface area contributed by atoms with Crippen LogP contribution in [0.2, 0.25) is 0 Å². The third-order valence-electron chi connectivity index (χ3n) is 2.38. The Labute approximate surface area is 111 Å². The van der Waals surface area contributed by atoms with Crippen LogP contribution in [0.3, 0.4) is 0 Å². The van der Waals surface area contributed by atoms with Crippen molar-refractivity contribution in [3.63, 3.8) is 0 Å². The molecule has 0 aliphatic heterocycles. The van der Waals surface area contributed by atoms with Crippen molar-refractivity contribution in [3.8, 4) is 0 Å². The average molecular weight is 264 g/mol. The number of carbonyl (C=O) groups is 2. The van der Waals surface area contributed by atoms with E-state index >= 15 is 0 Å². The Balaban J connectivity index is 2.74. The number of hydrogen-bond donors (Lipinski definition) is 2. The standard InChI is InChI=1S/C13H16N2O4/c1-3-19-13(17)7-10-4-5-11(9(2)6-10)15-12(16)8-14-18/h4-6,8,18H,3,7H2,1-2H3,(H,15,16)/b14-8+. The number of esters is 1. The maximum atomic E-state index is 11.3. The summed E-state index contributed by atoms with van der Waals surface area (Å²) >= 11 is 0. The van der Waals surface area contributed by atoms with E-state index in [4.69, 9.17) is 9.94 Å². The maximum absolute atomic E-state index is 11.3. The van der Waals surface area contributed by atoms with Crippen LogP contribution in [0.1, 0.15) is 18.1 Å². The molecular formula is C13H16N2O4. The summed E-state index contributed by atoms with van der Waals surface area (Å²) in [6, 6.07) is 5.21. The van der Waals surface area contributed by atoms with E-state index in [1.165, 1.54) is 0 Å². The predicted octanol–water partition coefficient (Wildman–Crippen LogP) is 1.50. The first-order chi connectivity index (χ1) is 9.06. The summed E-state index contributed by atoms with van der Waals surface area (Å²) in [6.07, 6.45) is 0.965. The minimum Gasteiger partial charge on any atom is -0.466 e. The van der Waals surface area contributed by atoms with Crippen LogP contribution in [-0.4, -0.2) is 29.9 Å². The average Bonchev–Trinajstić information content (AvgIpc) is 2.33. The molecule has 0 heterocycles.